The van der Waals surface area contributed by atoms with Gasteiger partial charge in [0.15, 0.2) is 15.3 Å². The maximum atomic E-state index is 13.4. The molecule has 0 saturated heterocycles. The Bertz CT molecular complexity index is 1470. The third kappa shape index (κ3) is 3.58. The van der Waals surface area contributed by atoms with Crippen LogP contribution < -0.4 is 10.2 Å². The van der Waals surface area contributed by atoms with E-state index in [4.69, 9.17) is 16.3 Å². The molecule has 0 N–H and O–H groups in total. The van der Waals surface area contributed by atoms with Crippen molar-refractivity contribution in [3.63, 3.8) is 0 Å². The zero-order chi connectivity index (χ0) is 22.1. The van der Waals surface area contributed by atoms with Crippen LogP contribution in [0.2, 0.25) is 5.02 Å². The lowest BCUT2D eigenvalue weighted by atomic mass is 10.1. The van der Waals surface area contributed by atoms with Gasteiger partial charge in [0, 0.05) is 10.5 Å². The Balaban J connectivity index is 1.83. The molecular formula is C28H22ClO2S+. The lowest BCUT2D eigenvalue weighted by Crippen LogP contribution is -2.05. The second-order valence-corrected chi connectivity index (χ2v) is 9.96. The predicted octanol–water partition coefficient (Wildman–Crippen LogP) is 8.20. The van der Waals surface area contributed by atoms with Gasteiger partial charge < -0.3 is 4.74 Å². The molecule has 1 aromatic heterocycles. The first-order valence-corrected chi connectivity index (χ1v) is 12.3. The third-order valence-electron chi connectivity index (χ3n) is 5.51. The summed E-state index contributed by atoms with van der Waals surface area (Å²) >= 11 is 6.60. The van der Waals surface area contributed by atoms with Gasteiger partial charge in [-0.25, -0.2) is 0 Å². The number of hydrogen-bond acceptors (Lipinski definition) is 2. The molecule has 0 fully saturated rings. The summed E-state index contributed by atoms with van der Waals surface area (Å²) in [6.45, 7) is 2.67. The molecule has 0 aliphatic carbocycles. The van der Waals surface area contributed by atoms with Gasteiger partial charge in [-0.3, -0.25) is 4.79 Å². The van der Waals surface area contributed by atoms with E-state index in [2.05, 4.69) is 49.4 Å². The van der Waals surface area contributed by atoms with Crippen LogP contribution in [0.25, 0.3) is 36.2 Å². The Morgan fingerprint density at radius 1 is 0.812 bits per heavy atom. The molecule has 5 aromatic rings. The molecular weight excluding hydrogens is 436 g/mol. The van der Waals surface area contributed by atoms with Gasteiger partial charge in [0.1, 0.15) is 5.39 Å². The molecule has 158 valence electrons. The molecule has 0 aliphatic heterocycles. The summed E-state index contributed by atoms with van der Waals surface area (Å²) in [6.07, 6.45) is 0.890. The standard InChI is InChI=1S/C28H22ClO2S/c1-2-18-31-24-17-16-23(29)26-27(30)22-10-6-7-11-25(22)32(28(24)26)21-14-12-20(13-15-21)19-8-4-3-5-9-19/h3-17H,2,18H2,1H3/q+1. The van der Waals surface area contributed by atoms with E-state index >= 15 is 0 Å². The molecule has 1 heterocycles. The zero-order valence-corrected chi connectivity index (χ0v) is 19.2. The first kappa shape index (κ1) is 20.7. The lowest BCUT2D eigenvalue weighted by Gasteiger charge is -2.10. The quantitative estimate of drug-likeness (QED) is 0.196. The van der Waals surface area contributed by atoms with Gasteiger partial charge in [-0.05, 0) is 66.1 Å². The summed E-state index contributed by atoms with van der Waals surface area (Å²) in [4.78, 5) is 14.6. The zero-order valence-electron chi connectivity index (χ0n) is 17.7. The molecule has 0 radical (unpaired) electrons. The number of fused-ring (bicyclic) bond motifs is 2. The van der Waals surface area contributed by atoms with E-state index in [0.29, 0.717) is 22.4 Å². The third-order valence-corrected chi connectivity index (χ3v) is 8.18. The highest BCUT2D eigenvalue weighted by Gasteiger charge is 2.28. The first-order chi connectivity index (χ1) is 15.7. The van der Waals surface area contributed by atoms with Crippen molar-refractivity contribution in [1.29, 1.82) is 0 Å². The Hall–Kier alpha value is -3.14. The first-order valence-electron chi connectivity index (χ1n) is 10.7. The number of hydrogen-bond donors (Lipinski definition) is 0. The molecule has 1 atom stereocenters. The average Bonchev–Trinajstić information content (AvgIpc) is 2.84. The predicted molar refractivity (Wildman–Crippen MR) is 138 cm³/mol. The Labute approximate surface area is 194 Å². The fraction of sp³-hybridized carbons (Fsp3) is 0.107. The van der Waals surface area contributed by atoms with Crippen LogP contribution >= 0.6 is 22.1 Å². The van der Waals surface area contributed by atoms with Crippen molar-refractivity contribution in [3.05, 3.63) is 106 Å². The topological polar surface area (TPSA) is 26.3 Å². The number of halogens is 1. The Morgan fingerprint density at radius 3 is 2.25 bits per heavy atom. The van der Waals surface area contributed by atoms with Crippen molar-refractivity contribution in [2.45, 2.75) is 13.3 Å². The van der Waals surface area contributed by atoms with Crippen LogP contribution in [0, 0.1) is 0 Å². The fourth-order valence-electron chi connectivity index (χ4n) is 4.02. The normalized spacial score (nSPS) is 11.8. The summed E-state index contributed by atoms with van der Waals surface area (Å²) < 4.78 is 8.02. The van der Waals surface area contributed by atoms with Gasteiger partial charge in [0.25, 0.3) is 0 Å². The average molecular weight is 458 g/mol. The van der Waals surface area contributed by atoms with Crippen LogP contribution in [0.4, 0.5) is 0 Å². The summed E-state index contributed by atoms with van der Waals surface area (Å²) in [5.74, 6) is 0.740. The minimum atomic E-state index is -0.499. The molecule has 32 heavy (non-hydrogen) atoms. The molecule has 0 saturated carbocycles. The fourth-order valence-corrected chi connectivity index (χ4v) is 6.76. The second-order valence-electron chi connectivity index (χ2n) is 7.62. The van der Waals surface area contributed by atoms with Crippen molar-refractivity contribution in [2.24, 2.45) is 0 Å². The van der Waals surface area contributed by atoms with Crippen molar-refractivity contribution < 1.29 is 4.74 Å². The monoisotopic (exact) mass is 457 g/mol. The molecule has 4 aromatic carbocycles. The van der Waals surface area contributed by atoms with Gasteiger partial charge in [0.05, 0.1) is 17.0 Å². The maximum Gasteiger partial charge on any atom is 0.234 e. The van der Waals surface area contributed by atoms with Crippen LogP contribution in [0.5, 0.6) is 5.75 Å². The van der Waals surface area contributed by atoms with Crippen molar-refractivity contribution in [3.8, 4) is 21.8 Å². The highest BCUT2D eigenvalue weighted by Crippen LogP contribution is 2.48. The van der Waals surface area contributed by atoms with Crippen LogP contribution in [0.15, 0.2) is 95.8 Å². The van der Waals surface area contributed by atoms with Crippen molar-refractivity contribution in [2.75, 3.05) is 6.61 Å². The maximum absolute atomic E-state index is 13.4. The van der Waals surface area contributed by atoms with Crippen molar-refractivity contribution >= 4 is 42.2 Å². The molecule has 0 bridgehead atoms. The smallest absolute Gasteiger partial charge is 0.234 e. The van der Waals surface area contributed by atoms with Gasteiger partial charge in [0.2, 0.25) is 10.1 Å². The molecule has 1 unspecified atom stereocenters. The van der Waals surface area contributed by atoms with Crippen LogP contribution in [0.1, 0.15) is 13.3 Å². The molecule has 2 nitrogen and oxygen atoms in total. The Kier molecular flexibility index (Phi) is 5.69. The molecule has 0 aliphatic rings. The number of benzene rings is 4. The van der Waals surface area contributed by atoms with E-state index in [-0.39, 0.29) is 5.43 Å². The second kappa shape index (κ2) is 8.78. The SMILES string of the molecule is CCCOc1ccc(Cl)c2c(=O)c3ccccc3[s+](-c3ccc(-c4ccccc4)cc3)c12. The summed E-state index contributed by atoms with van der Waals surface area (Å²) in [7, 11) is -0.499. The number of ether oxygens (including phenoxy) is 1. The molecule has 0 spiro atoms. The van der Waals surface area contributed by atoms with Crippen LogP contribution in [0.3, 0.4) is 0 Å². The summed E-state index contributed by atoms with van der Waals surface area (Å²) in [6, 6.07) is 30.5. The molecule has 0 amide bonds. The van der Waals surface area contributed by atoms with Gasteiger partial charge >= 0.3 is 0 Å². The highest BCUT2D eigenvalue weighted by atomic mass is 35.5. The van der Waals surface area contributed by atoms with E-state index in [9.17, 15) is 4.79 Å². The largest absolute Gasteiger partial charge is 0.488 e. The van der Waals surface area contributed by atoms with Gasteiger partial charge in [-0.2, -0.15) is 0 Å². The molecule has 4 heteroatoms. The lowest BCUT2D eigenvalue weighted by molar-refractivity contribution is 0.321. The number of rotatable bonds is 5. The van der Waals surface area contributed by atoms with E-state index in [1.807, 2.05) is 42.5 Å². The van der Waals surface area contributed by atoms with E-state index in [1.165, 1.54) is 5.56 Å². The summed E-state index contributed by atoms with van der Waals surface area (Å²) in [5, 5.41) is 1.75. The van der Waals surface area contributed by atoms with E-state index in [1.54, 1.807) is 6.07 Å². The van der Waals surface area contributed by atoms with E-state index in [0.717, 1.165) is 32.0 Å². The summed E-state index contributed by atoms with van der Waals surface area (Å²) in [5.41, 5.74) is 2.30. The van der Waals surface area contributed by atoms with Crippen LogP contribution in [-0.4, -0.2) is 6.61 Å². The van der Waals surface area contributed by atoms with Gasteiger partial charge in [-0.15, -0.1) is 0 Å². The minimum Gasteiger partial charge on any atom is -0.488 e. The van der Waals surface area contributed by atoms with E-state index < -0.39 is 10.5 Å². The highest BCUT2D eigenvalue weighted by molar-refractivity contribution is 7.49. The van der Waals surface area contributed by atoms with Gasteiger partial charge in [-0.1, -0.05) is 61.0 Å². The Morgan fingerprint density at radius 2 is 1.50 bits per heavy atom. The van der Waals surface area contributed by atoms with Crippen LogP contribution in [-0.2, 0) is 0 Å². The van der Waals surface area contributed by atoms with Crippen molar-refractivity contribution in [1.82, 2.24) is 0 Å². The molecule has 5 rings (SSSR count). The minimum absolute atomic E-state index is 0.0350.